The molecule has 2 heterocycles. The molecule has 9 heteroatoms. The van der Waals surface area contributed by atoms with Crippen LogP contribution >= 0.6 is 0 Å². The SMILES string of the molecule is CCO[C@H]1CN(C)C[C@@H]1NC(=O)c1cc(C(F)(F)F)[nH]n1. The second kappa shape index (κ2) is 6.02. The molecule has 0 unspecified atom stereocenters. The Balaban J connectivity index is 2.02. The van der Waals surface area contributed by atoms with Gasteiger partial charge in [0.25, 0.3) is 5.91 Å². The fourth-order valence-electron chi connectivity index (χ4n) is 2.31. The van der Waals surface area contributed by atoms with Gasteiger partial charge in [0.2, 0.25) is 0 Å². The number of aromatic nitrogens is 2. The first kappa shape index (κ1) is 15.8. The van der Waals surface area contributed by atoms with Gasteiger partial charge in [0.15, 0.2) is 5.69 Å². The first-order valence-corrected chi connectivity index (χ1v) is 6.55. The molecule has 1 saturated heterocycles. The third-order valence-corrected chi connectivity index (χ3v) is 3.26. The average molecular weight is 306 g/mol. The number of nitrogens with one attached hydrogen (secondary N) is 2. The Morgan fingerprint density at radius 3 is 2.86 bits per heavy atom. The Morgan fingerprint density at radius 2 is 2.29 bits per heavy atom. The summed E-state index contributed by atoms with van der Waals surface area (Å²) in [6.45, 7) is 3.59. The van der Waals surface area contributed by atoms with E-state index >= 15 is 0 Å². The number of aromatic amines is 1. The molecule has 0 saturated carbocycles. The largest absolute Gasteiger partial charge is 0.432 e. The summed E-state index contributed by atoms with van der Waals surface area (Å²) in [4.78, 5) is 13.9. The van der Waals surface area contributed by atoms with Gasteiger partial charge in [-0.2, -0.15) is 18.3 Å². The van der Waals surface area contributed by atoms with Crippen molar-refractivity contribution >= 4 is 5.91 Å². The van der Waals surface area contributed by atoms with Crippen LogP contribution in [0, 0.1) is 0 Å². The lowest BCUT2D eigenvalue weighted by atomic mass is 10.2. The Kier molecular flexibility index (Phi) is 4.52. The fourth-order valence-corrected chi connectivity index (χ4v) is 2.31. The molecule has 0 aliphatic carbocycles. The number of alkyl halides is 3. The van der Waals surface area contributed by atoms with E-state index in [9.17, 15) is 18.0 Å². The van der Waals surface area contributed by atoms with Crippen LogP contribution in [0.3, 0.4) is 0 Å². The van der Waals surface area contributed by atoms with Gasteiger partial charge in [0, 0.05) is 25.8 Å². The van der Waals surface area contributed by atoms with Crippen molar-refractivity contribution in [3.05, 3.63) is 17.5 Å². The van der Waals surface area contributed by atoms with Crippen molar-refractivity contribution in [3.8, 4) is 0 Å². The molecular formula is C12H17F3N4O2. The van der Waals surface area contributed by atoms with Crippen LogP contribution in [0.5, 0.6) is 0 Å². The number of carbonyl (C=O) groups excluding carboxylic acids is 1. The van der Waals surface area contributed by atoms with E-state index < -0.39 is 17.8 Å². The number of halogens is 3. The minimum atomic E-state index is -4.55. The van der Waals surface area contributed by atoms with Gasteiger partial charge in [-0.05, 0) is 14.0 Å². The summed E-state index contributed by atoms with van der Waals surface area (Å²) in [5.74, 6) is -0.647. The van der Waals surface area contributed by atoms with Crippen LogP contribution in [-0.4, -0.2) is 59.9 Å². The number of carbonyl (C=O) groups is 1. The van der Waals surface area contributed by atoms with Crippen molar-refractivity contribution in [1.29, 1.82) is 0 Å². The number of rotatable bonds is 4. The predicted molar refractivity (Wildman–Crippen MR) is 67.8 cm³/mol. The summed E-state index contributed by atoms with van der Waals surface area (Å²) in [5, 5.41) is 7.89. The maximum absolute atomic E-state index is 12.5. The molecule has 1 fully saturated rings. The Hall–Kier alpha value is -1.61. The van der Waals surface area contributed by atoms with Gasteiger partial charge in [0.1, 0.15) is 5.69 Å². The molecular weight excluding hydrogens is 289 g/mol. The number of amides is 1. The molecule has 2 atom stereocenters. The minimum absolute atomic E-state index is 0.176. The molecule has 1 aliphatic heterocycles. The molecule has 1 amide bonds. The van der Waals surface area contributed by atoms with E-state index in [0.717, 1.165) is 0 Å². The first-order valence-electron chi connectivity index (χ1n) is 6.55. The third kappa shape index (κ3) is 3.73. The van der Waals surface area contributed by atoms with E-state index in [2.05, 4.69) is 10.4 Å². The highest BCUT2D eigenvalue weighted by atomic mass is 19.4. The predicted octanol–water partition coefficient (Wildman–Crippen LogP) is 0.877. The molecule has 118 valence electrons. The van der Waals surface area contributed by atoms with E-state index in [1.54, 1.807) is 0 Å². The summed E-state index contributed by atoms with van der Waals surface area (Å²) in [6, 6.07) is 0.428. The molecule has 21 heavy (non-hydrogen) atoms. The summed E-state index contributed by atoms with van der Waals surface area (Å²) < 4.78 is 42.9. The Morgan fingerprint density at radius 1 is 1.57 bits per heavy atom. The molecule has 0 radical (unpaired) electrons. The quantitative estimate of drug-likeness (QED) is 0.866. The van der Waals surface area contributed by atoms with E-state index in [0.29, 0.717) is 25.8 Å². The number of hydrogen-bond acceptors (Lipinski definition) is 4. The van der Waals surface area contributed by atoms with Gasteiger partial charge < -0.3 is 15.0 Å². The molecule has 2 N–H and O–H groups in total. The lowest BCUT2D eigenvalue weighted by Crippen LogP contribution is -2.44. The monoisotopic (exact) mass is 306 g/mol. The van der Waals surface area contributed by atoms with Gasteiger partial charge in [-0.1, -0.05) is 0 Å². The van der Waals surface area contributed by atoms with Gasteiger partial charge in [-0.25, -0.2) is 0 Å². The second-order valence-electron chi connectivity index (χ2n) is 4.96. The summed E-state index contributed by atoms with van der Waals surface area (Å²) in [5.41, 5.74) is -1.33. The maximum Gasteiger partial charge on any atom is 0.432 e. The van der Waals surface area contributed by atoms with Crippen LogP contribution in [0.4, 0.5) is 13.2 Å². The molecule has 6 nitrogen and oxygen atoms in total. The van der Waals surface area contributed by atoms with Gasteiger partial charge in [0.05, 0.1) is 12.1 Å². The van der Waals surface area contributed by atoms with Crippen LogP contribution in [0.2, 0.25) is 0 Å². The van der Waals surface area contributed by atoms with Gasteiger partial charge >= 0.3 is 6.18 Å². The lowest BCUT2D eigenvalue weighted by Gasteiger charge is -2.19. The molecule has 0 bridgehead atoms. The molecule has 2 rings (SSSR count). The van der Waals surface area contributed by atoms with Crippen molar-refractivity contribution < 1.29 is 22.7 Å². The van der Waals surface area contributed by atoms with E-state index in [1.807, 2.05) is 24.0 Å². The average Bonchev–Trinajstić information content (AvgIpc) is 2.97. The third-order valence-electron chi connectivity index (χ3n) is 3.26. The second-order valence-corrected chi connectivity index (χ2v) is 4.96. The fraction of sp³-hybridized carbons (Fsp3) is 0.667. The number of hydrogen-bond donors (Lipinski definition) is 2. The number of ether oxygens (including phenoxy) is 1. The highest BCUT2D eigenvalue weighted by Gasteiger charge is 2.36. The van der Waals surface area contributed by atoms with Crippen molar-refractivity contribution in [3.63, 3.8) is 0 Å². The highest BCUT2D eigenvalue weighted by Crippen LogP contribution is 2.27. The number of likely N-dealkylation sites (tertiary alicyclic amines) is 1. The van der Waals surface area contributed by atoms with Crippen LogP contribution in [0.1, 0.15) is 23.1 Å². The van der Waals surface area contributed by atoms with E-state index in [1.165, 1.54) is 0 Å². The molecule has 1 aromatic rings. The zero-order valence-corrected chi connectivity index (χ0v) is 11.7. The van der Waals surface area contributed by atoms with Crippen LogP contribution < -0.4 is 5.32 Å². The summed E-state index contributed by atoms with van der Waals surface area (Å²) in [6.07, 6.45) is -4.72. The van der Waals surface area contributed by atoms with Gasteiger partial charge in [-0.15, -0.1) is 0 Å². The number of likely N-dealkylation sites (N-methyl/N-ethyl adjacent to an activating group) is 1. The normalized spacial score (nSPS) is 23.5. The number of H-pyrrole nitrogens is 1. The number of nitrogens with zero attached hydrogens (tertiary/aromatic N) is 2. The van der Waals surface area contributed by atoms with Crippen molar-refractivity contribution in [1.82, 2.24) is 20.4 Å². The van der Waals surface area contributed by atoms with Crippen molar-refractivity contribution in [2.24, 2.45) is 0 Å². The molecule has 0 spiro atoms. The minimum Gasteiger partial charge on any atom is -0.375 e. The Bertz CT molecular complexity index is 503. The van der Waals surface area contributed by atoms with E-state index in [-0.39, 0.29) is 17.8 Å². The van der Waals surface area contributed by atoms with Crippen molar-refractivity contribution in [2.75, 3.05) is 26.7 Å². The zero-order valence-electron chi connectivity index (χ0n) is 11.7. The molecule has 0 aromatic carbocycles. The molecule has 1 aliphatic rings. The van der Waals surface area contributed by atoms with Crippen LogP contribution in [-0.2, 0) is 10.9 Å². The lowest BCUT2D eigenvalue weighted by molar-refractivity contribution is -0.141. The smallest absolute Gasteiger partial charge is 0.375 e. The van der Waals surface area contributed by atoms with Crippen LogP contribution in [0.15, 0.2) is 6.07 Å². The molecule has 1 aromatic heterocycles. The van der Waals surface area contributed by atoms with E-state index in [4.69, 9.17) is 4.74 Å². The van der Waals surface area contributed by atoms with Crippen LogP contribution in [0.25, 0.3) is 0 Å². The van der Waals surface area contributed by atoms with Crippen molar-refractivity contribution in [2.45, 2.75) is 25.2 Å². The standard InChI is InChI=1S/C12H17F3N4O2/c1-3-21-9-6-19(2)5-8(9)16-11(20)7-4-10(18-17-7)12(13,14)15/h4,8-9H,3,5-6H2,1-2H3,(H,16,20)(H,17,18)/t8-,9-/m0/s1. The Labute approximate surface area is 119 Å². The highest BCUT2D eigenvalue weighted by molar-refractivity contribution is 5.92. The first-order chi connectivity index (χ1) is 9.81. The summed E-state index contributed by atoms with van der Waals surface area (Å²) in [7, 11) is 1.88. The van der Waals surface area contributed by atoms with Gasteiger partial charge in [-0.3, -0.25) is 9.89 Å². The maximum atomic E-state index is 12.5. The zero-order chi connectivity index (χ0) is 15.6. The summed E-state index contributed by atoms with van der Waals surface area (Å²) >= 11 is 0. The topological polar surface area (TPSA) is 70.2 Å².